The smallest absolute Gasteiger partial charge is 0.141 e. The first-order chi connectivity index (χ1) is 5.85. The lowest BCUT2D eigenvalue weighted by Crippen LogP contribution is -1.96. The Morgan fingerprint density at radius 2 is 2.25 bits per heavy atom. The normalized spacial score (nSPS) is 12.8. The van der Waals surface area contributed by atoms with Gasteiger partial charge in [-0.2, -0.15) is 0 Å². The average Bonchev–Trinajstić information content (AvgIpc) is 2.06. The Hall–Kier alpha value is 1.93. The lowest BCUT2D eigenvalue weighted by Gasteiger charge is -2.03. The summed E-state index contributed by atoms with van der Waals surface area (Å²) in [5.41, 5.74) is 0. The third-order valence-electron chi connectivity index (χ3n) is 0.708. The summed E-state index contributed by atoms with van der Waals surface area (Å²) in [6, 6.07) is 0. The molecule has 0 unspecified atom stereocenters. The van der Waals surface area contributed by atoms with E-state index in [4.69, 9.17) is 4.74 Å². The minimum absolute atomic E-state index is 0.759. The number of rotatable bonds is 5. The molecule has 0 bridgehead atoms. The number of thioether (sulfide) groups is 1. The Balaban J connectivity index is 3.64. The molecule has 0 aliphatic carbocycles. The van der Waals surface area contributed by atoms with Gasteiger partial charge in [0.2, 0.25) is 0 Å². The van der Waals surface area contributed by atoms with Crippen LogP contribution in [0.2, 0.25) is 0 Å². The average molecular weight is 281 g/mol. The van der Waals surface area contributed by atoms with E-state index in [0.717, 1.165) is 16.7 Å². The van der Waals surface area contributed by atoms with Gasteiger partial charge in [-0.15, -0.1) is 0 Å². The van der Waals surface area contributed by atoms with E-state index in [1.807, 2.05) is 6.92 Å². The molecule has 1 nitrogen and oxygen atoms in total. The molecule has 12 heavy (non-hydrogen) atoms. The van der Waals surface area contributed by atoms with Gasteiger partial charge in [-0.3, -0.25) is 0 Å². The first kappa shape index (κ1) is 13.9. The minimum Gasteiger partial charge on any atom is -0.334 e. The van der Waals surface area contributed by atoms with Crippen molar-refractivity contribution in [3.63, 3.8) is 0 Å². The fraction of sp³-hybridized carbons (Fsp3) is 0.800. The summed E-state index contributed by atoms with van der Waals surface area (Å²) < 4.78 is 6.52. The van der Waals surface area contributed by atoms with Crippen LogP contribution in [0.25, 0.3) is 0 Å². The Bertz CT molecular complexity index is 119. The first-order valence-electron chi connectivity index (χ1n) is 3.32. The van der Waals surface area contributed by atoms with Crippen molar-refractivity contribution in [1.82, 2.24) is 0 Å². The third-order valence-corrected chi connectivity index (χ3v) is 8.98. The SMILES string of the molecule is CCOC(SCC)=[SH]SSSS. The highest BCUT2D eigenvalue weighted by Gasteiger charge is 1.95. The van der Waals surface area contributed by atoms with Crippen molar-refractivity contribution in [2.24, 2.45) is 0 Å². The first-order valence-corrected chi connectivity index (χ1v) is 10.3. The Labute approximate surface area is 97.9 Å². The summed E-state index contributed by atoms with van der Waals surface area (Å²) in [4.78, 5) is 0. The predicted octanol–water partition coefficient (Wildman–Crippen LogP) is 4.12. The molecule has 0 aliphatic heterocycles. The molecular weight excluding hydrogens is 268 g/mol. The topological polar surface area (TPSA) is 9.23 Å². The second-order valence-electron chi connectivity index (χ2n) is 1.44. The number of thiol groups is 2. The highest BCUT2D eigenvalue weighted by atomic mass is 33.8. The van der Waals surface area contributed by atoms with Crippen LogP contribution in [0.1, 0.15) is 13.8 Å². The van der Waals surface area contributed by atoms with E-state index in [9.17, 15) is 0 Å². The molecule has 0 atom stereocenters. The van der Waals surface area contributed by atoms with Crippen LogP contribution in [0.15, 0.2) is 0 Å². The van der Waals surface area contributed by atoms with Crippen molar-refractivity contribution < 1.29 is 4.74 Å². The van der Waals surface area contributed by atoms with Crippen molar-refractivity contribution in [2.45, 2.75) is 13.8 Å². The van der Waals surface area contributed by atoms with Crippen LogP contribution in [-0.2, 0) is 4.74 Å². The molecule has 0 N–H and O–H groups in total. The molecule has 0 aromatic carbocycles. The molecule has 74 valence electrons. The second kappa shape index (κ2) is 11.0. The van der Waals surface area contributed by atoms with Crippen LogP contribution >= 0.6 is 63.3 Å². The van der Waals surface area contributed by atoms with Crippen LogP contribution in [0.4, 0.5) is 0 Å². The highest BCUT2D eigenvalue weighted by molar-refractivity contribution is 9.34. The third kappa shape index (κ3) is 8.52. The van der Waals surface area contributed by atoms with Gasteiger partial charge >= 0.3 is 0 Å². The molecule has 0 spiro atoms. The molecule has 0 aliphatic rings. The molecule has 0 aromatic heterocycles. The largest absolute Gasteiger partial charge is 0.334 e. The van der Waals surface area contributed by atoms with E-state index in [0.29, 0.717) is 0 Å². The molecule has 0 saturated heterocycles. The van der Waals surface area contributed by atoms with E-state index in [1.54, 1.807) is 31.4 Å². The van der Waals surface area contributed by atoms with E-state index < -0.39 is 0 Å². The van der Waals surface area contributed by atoms with Crippen molar-refractivity contribution >= 4 is 67.7 Å². The zero-order valence-electron chi connectivity index (χ0n) is 6.85. The summed E-state index contributed by atoms with van der Waals surface area (Å²) in [6.45, 7) is 4.90. The summed E-state index contributed by atoms with van der Waals surface area (Å²) in [5, 5.41) is 0. The Morgan fingerprint density at radius 3 is 2.75 bits per heavy atom. The quantitative estimate of drug-likeness (QED) is 0.338. The van der Waals surface area contributed by atoms with Gasteiger partial charge in [0.1, 0.15) is 4.38 Å². The molecule has 7 heteroatoms. The van der Waals surface area contributed by atoms with Crippen molar-refractivity contribution in [2.75, 3.05) is 12.4 Å². The molecule has 0 amide bonds. The fourth-order valence-electron chi connectivity index (χ4n) is 0.401. The molecule has 0 heterocycles. The lowest BCUT2D eigenvalue weighted by molar-refractivity contribution is 0.346. The number of ether oxygens (including phenoxy) is 1. The van der Waals surface area contributed by atoms with E-state index in [-0.39, 0.29) is 0 Å². The van der Waals surface area contributed by atoms with Gasteiger partial charge in [-0.1, -0.05) is 40.7 Å². The van der Waals surface area contributed by atoms with E-state index in [1.165, 1.54) is 20.2 Å². The number of hydrogen-bond acceptors (Lipinski definition) is 6. The monoisotopic (exact) mass is 280 g/mol. The van der Waals surface area contributed by atoms with Gasteiger partial charge in [0, 0.05) is 0 Å². The van der Waals surface area contributed by atoms with Gasteiger partial charge in [-0.25, -0.2) is 0 Å². The van der Waals surface area contributed by atoms with Crippen molar-refractivity contribution in [3.05, 3.63) is 0 Å². The maximum atomic E-state index is 5.43. The maximum Gasteiger partial charge on any atom is 0.141 e. The summed E-state index contributed by atoms with van der Waals surface area (Å²) in [6.07, 6.45) is 0. The van der Waals surface area contributed by atoms with Gasteiger partial charge in [0.15, 0.2) is 0 Å². The van der Waals surface area contributed by atoms with Crippen molar-refractivity contribution in [1.29, 1.82) is 0 Å². The zero-order chi connectivity index (χ0) is 9.23. The fourth-order valence-corrected chi connectivity index (χ4v) is 8.38. The molecule has 0 aromatic rings. The molecule has 0 rings (SSSR count). The van der Waals surface area contributed by atoms with E-state index in [2.05, 4.69) is 18.6 Å². The lowest BCUT2D eigenvalue weighted by atomic mass is 10.9. The number of hydrogen-bond donors (Lipinski definition) is 2. The Kier molecular flexibility index (Phi) is 12.8. The van der Waals surface area contributed by atoms with Crippen LogP contribution in [0, 0.1) is 0 Å². The molecule has 0 saturated carbocycles. The minimum atomic E-state index is 0.759. The summed E-state index contributed by atoms with van der Waals surface area (Å²) >= 11 is 5.79. The molecule has 0 fully saturated rings. The van der Waals surface area contributed by atoms with Gasteiger partial charge in [0.05, 0.1) is 6.61 Å². The van der Waals surface area contributed by atoms with Crippen LogP contribution in [0.3, 0.4) is 0 Å². The molecule has 0 radical (unpaired) electrons. The van der Waals surface area contributed by atoms with Gasteiger partial charge < -0.3 is 4.74 Å². The van der Waals surface area contributed by atoms with Crippen LogP contribution in [-0.4, -0.2) is 16.7 Å². The summed E-state index contributed by atoms with van der Waals surface area (Å²) in [7, 11) is 6.05. The standard InChI is InChI=1S/C5H12OS6/c1-3-6-5(8-4-2)9-11-12-10-7/h7,9H,3-4H2,1-2H3. The van der Waals surface area contributed by atoms with Gasteiger partial charge in [0.25, 0.3) is 0 Å². The second-order valence-corrected chi connectivity index (χ2v) is 9.76. The zero-order valence-corrected chi connectivity index (χ0v) is 11.9. The van der Waals surface area contributed by atoms with Crippen LogP contribution < -0.4 is 0 Å². The van der Waals surface area contributed by atoms with Gasteiger partial charge in [-0.05, 0) is 42.2 Å². The molecular formula is C5H12OS6. The summed E-state index contributed by atoms with van der Waals surface area (Å²) in [5.74, 6) is 1.07. The Morgan fingerprint density at radius 1 is 1.50 bits per heavy atom. The maximum absolute atomic E-state index is 5.43. The van der Waals surface area contributed by atoms with Crippen LogP contribution in [0.5, 0.6) is 0 Å². The van der Waals surface area contributed by atoms with E-state index >= 15 is 0 Å². The van der Waals surface area contributed by atoms with Crippen molar-refractivity contribution in [3.8, 4) is 0 Å². The highest BCUT2D eigenvalue weighted by Crippen LogP contribution is 2.42. The predicted molar refractivity (Wildman–Crippen MR) is 75.5 cm³/mol.